The van der Waals surface area contributed by atoms with Crippen LogP contribution in [0.5, 0.6) is 0 Å². The summed E-state index contributed by atoms with van der Waals surface area (Å²) < 4.78 is 0. The van der Waals surface area contributed by atoms with Gasteiger partial charge in [-0.1, -0.05) is 48.5 Å². The molecule has 0 heterocycles. The molecule has 0 aliphatic heterocycles. The lowest BCUT2D eigenvalue weighted by Gasteiger charge is -2.02. The first-order chi connectivity index (χ1) is 6.13. The molecule has 0 aliphatic rings. The predicted octanol–water partition coefficient (Wildman–Crippen LogP) is 3.59. The number of hydrogen-bond acceptors (Lipinski definition) is 1. The monoisotopic (exact) mass is 250 g/mol. The molecule has 0 aromatic heterocycles. The lowest BCUT2D eigenvalue weighted by Crippen LogP contribution is -1.94. The maximum absolute atomic E-state index is 10.2. The zero-order valence-electron chi connectivity index (χ0n) is 8.26. The van der Waals surface area contributed by atoms with Crippen molar-refractivity contribution < 1.29 is 9.90 Å². The van der Waals surface area contributed by atoms with Gasteiger partial charge < -0.3 is 5.11 Å². The third-order valence-corrected chi connectivity index (χ3v) is 2.45. The summed E-state index contributed by atoms with van der Waals surface area (Å²) in [5, 5.41) is 8.38. The number of aliphatic carboxylic acids is 1. The van der Waals surface area contributed by atoms with E-state index in [0.717, 1.165) is 12.8 Å². The number of halogens is 1. The molecule has 0 aromatic rings. The Hall–Kier alpha value is -0.0500. The highest BCUT2D eigenvalue weighted by molar-refractivity contribution is 9.09. The summed E-state index contributed by atoms with van der Waals surface area (Å²) >= 11 is 3.50. The Labute approximate surface area is 88.8 Å². The summed E-state index contributed by atoms with van der Waals surface area (Å²) in [6, 6.07) is 0. The van der Waals surface area contributed by atoms with Crippen LogP contribution >= 0.6 is 15.9 Å². The minimum absolute atomic E-state index is 0.328. The van der Waals surface area contributed by atoms with Gasteiger partial charge in [0.15, 0.2) is 0 Å². The van der Waals surface area contributed by atoms with Crippen LogP contribution in [-0.4, -0.2) is 15.9 Å². The van der Waals surface area contributed by atoms with E-state index in [4.69, 9.17) is 5.11 Å². The first-order valence-corrected chi connectivity index (χ1v) is 5.90. The van der Waals surface area contributed by atoms with Crippen molar-refractivity contribution in [2.45, 2.75) is 56.7 Å². The van der Waals surface area contributed by atoms with E-state index >= 15 is 0 Å². The Bertz CT molecular complexity index is 135. The maximum Gasteiger partial charge on any atom is 0.303 e. The molecule has 0 spiro atoms. The molecule has 0 rings (SSSR count). The van der Waals surface area contributed by atoms with Crippen LogP contribution in [0, 0.1) is 0 Å². The molecule has 3 heteroatoms. The summed E-state index contributed by atoms with van der Waals surface area (Å²) in [7, 11) is 0. The molecule has 1 atom stereocenters. The van der Waals surface area contributed by atoms with Crippen LogP contribution in [-0.2, 0) is 4.79 Å². The lowest BCUT2D eigenvalue weighted by atomic mass is 10.1. The standard InChI is InChI=1S/C10H19BrO2/c1-9(11)7-5-3-2-4-6-8-10(12)13/h9H,2-8H2,1H3,(H,12,13)/t9-/m0/s1. The molecule has 0 unspecified atom stereocenters. The van der Waals surface area contributed by atoms with Gasteiger partial charge in [-0.3, -0.25) is 4.79 Å². The van der Waals surface area contributed by atoms with Gasteiger partial charge in [0.25, 0.3) is 0 Å². The fraction of sp³-hybridized carbons (Fsp3) is 0.900. The molecular weight excluding hydrogens is 232 g/mol. The number of carbonyl (C=O) groups is 1. The van der Waals surface area contributed by atoms with E-state index in [1.54, 1.807) is 0 Å². The van der Waals surface area contributed by atoms with Crippen LogP contribution in [0.25, 0.3) is 0 Å². The number of alkyl halides is 1. The van der Waals surface area contributed by atoms with Gasteiger partial charge in [-0.05, 0) is 12.8 Å². The number of rotatable bonds is 8. The largest absolute Gasteiger partial charge is 0.481 e. The summed E-state index contributed by atoms with van der Waals surface area (Å²) in [5.41, 5.74) is 0. The molecule has 0 saturated carbocycles. The number of unbranched alkanes of at least 4 members (excludes halogenated alkanes) is 4. The number of hydrogen-bond donors (Lipinski definition) is 1. The average molecular weight is 251 g/mol. The molecular formula is C10H19BrO2. The van der Waals surface area contributed by atoms with Gasteiger partial charge in [0.1, 0.15) is 0 Å². The Kier molecular flexibility index (Phi) is 8.51. The SMILES string of the molecule is C[C@H](Br)CCCCCCCC(=O)O. The second kappa shape index (κ2) is 8.54. The number of carboxylic acid groups (broad SMARTS) is 1. The first kappa shape index (κ1) is 12.9. The van der Waals surface area contributed by atoms with Crippen molar-refractivity contribution in [2.75, 3.05) is 0 Å². The van der Waals surface area contributed by atoms with Crippen molar-refractivity contribution in [1.29, 1.82) is 0 Å². The minimum Gasteiger partial charge on any atom is -0.481 e. The van der Waals surface area contributed by atoms with Gasteiger partial charge in [0, 0.05) is 11.2 Å². The highest BCUT2D eigenvalue weighted by Gasteiger charge is 1.97. The van der Waals surface area contributed by atoms with E-state index in [0.29, 0.717) is 11.2 Å². The van der Waals surface area contributed by atoms with Gasteiger partial charge >= 0.3 is 5.97 Å². The molecule has 0 saturated heterocycles. The quantitative estimate of drug-likeness (QED) is 0.528. The van der Waals surface area contributed by atoms with E-state index < -0.39 is 5.97 Å². The normalized spacial score (nSPS) is 12.8. The van der Waals surface area contributed by atoms with Gasteiger partial charge in [0.05, 0.1) is 0 Å². The van der Waals surface area contributed by atoms with Crippen molar-refractivity contribution in [3.8, 4) is 0 Å². The van der Waals surface area contributed by atoms with Crippen molar-refractivity contribution in [3.63, 3.8) is 0 Å². The topological polar surface area (TPSA) is 37.3 Å². The van der Waals surface area contributed by atoms with Crippen molar-refractivity contribution >= 4 is 21.9 Å². The summed E-state index contributed by atoms with van der Waals surface area (Å²) in [5.74, 6) is -0.672. The van der Waals surface area contributed by atoms with Crippen LogP contribution < -0.4 is 0 Å². The van der Waals surface area contributed by atoms with Crippen molar-refractivity contribution in [2.24, 2.45) is 0 Å². The molecule has 0 fully saturated rings. The maximum atomic E-state index is 10.2. The van der Waals surface area contributed by atoms with Crippen LogP contribution in [0.15, 0.2) is 0 Å². The Morgan fingerprint density at radius 2 is 1.77 bits per heavy atom. The fourth-order valence-electron chi connectivity index (χ4n) is 1.23. The third-order valence-electron chi connectivity index (χ3n) is 1.99. The first-order valence-electron chi connectivity index (χ1n) is 4.99. The Balaban J connectivity index is 2.96. The second-order valence-corrected chi connectivity index (χ2v) is 5.04. The van der Waals surface area contributed by atoms with Crippen LogP contribution in [0.4, 0.5) is 0 Å². The summed E-state index contributed by atoms with van der Waals surface area (Å²) in [6.07, 6.45) is 7.10. The Morgan fingerprint density at radius 1 is 1.23 bits per heavy atom. The van der Waals surface area contributed by atoms with Gasteiger partial charge in [-0.15, -0.1) is 0 Å². The van der Waals surface area contributed by atoms with Gasteiger partial charge in [0.2, 0.25) is 0 Å². The molecule has 0 aromatic carbocycles. The van der Waals surface area contributed by atoms with E-state index in [-0.39, 0.29) is 0 Å². The zero-order valence-corrected chi connectivity index (χ0v) is 9.85. The second-order valence-electron chi connectivity index (χ2n) is 3.48. The summed E-state index contributed by atoms with van der Waals surface area (Å²) in [4.78, 5) is 10.8. The average Bonchev–Trinajstić information content (AvgIpc) is 2.01. The number of carboxylic acids is 1. The highest BCUT2D eigenvalue weighted by Crippen LogP contribution is 2.12. The molecule has 0 bridgehead atoms. The van der Waals surface area contributed by atoms with Crippen LogP contribution in [0.3, 0.4) is 0 Å². The molecule has 78 valence electrons. The smallest absolute Gasteiger partial charge is 0.303 e. The van der Waals surface area contributed by atoms with E-state index in [1.165, 1.54) is 25.7 Å². The molecule has 13 heavy (non-hydrogen) atoms. The van der Waals surface area contributed by atoms with E-state index in [1.807, 2.05) is 0 Å². The Morgan fingerprint density at radius 3 is 2.31 bits per heavy atom. The molecule has 0 aliphatic carbocycles. The van der Waals surface area contributed by atoms with Crippen LogP contribution in [0.2, 0.25) is 0 Å². The molecule has 0 radical (unpaired) electrons. The zero-order chi connectivity index (χ0) is 10.1. The predicted molar refractivity (Wildman–Crippen MR) is 58.3 cm³/mol. The van der Waals surface area contributed by atoms with Crippen molar-refractivity contribution in [1.82, 2.24) is 0 Å². The highest BCUT2D eigenvalue weighted by atomic mass is 79.9. The third kappa shape index (κ3) is 12.0. The van der Waals surface area contributed by atoms with Gasteiger partial charge in [-0.2, -0.15) is 0 Å². The fourth-order valence-corrected chi connectivity index (χ4v) is 1.56. The van der Waals surface area contributed by atoms with Crippen molar-refractivity contribution in [3.05, 3.63) is 0 Å². The van der Waals surface area contributed by atoms with Gasteiger partial charge in [-0.25, -0.2) is 0 Å². The van der Waals surface area contributed by atoms with Crippen LogP contribution in [0.1, 0.15) is 51.9 Å². The molecule has 1 N–H and O–H groups in total. The molecule has 0 amide bonds. The van der Waals surface area contributed by atoms with E-state index in [9.17, 15) is 4.79 Å². The lowest BCUT2D eigenvalue weighted by molar-refractivity contribution is -0.137. The van der Waals surface area contributed by atoms with E-state index in [2.05, 4.69) is 22.9 Å². The minimum atomic E-state index is -0.672. The summed E-state index contributed by atoms with van der Waals surface area (Å²) in [6.45, 7) is 2.16. The molecule has 2 nitrogen and oxygen atoms in total.